The van der Waals surface area contributed by atoms with Gasteiger partial charge >= 0.3 is 5.97 Å². The van der Waals surface area contributed by atoms with Crippen molar-refractivity contribution in [1.29, 1.82) is 0 Å². The molecule has 0 heterocycles. The summed E-state index contributed by atoms with van der Waals surface area (Å²) in [5.41, 5.74) is 5.03. The molecule has 1 fully saturated rings. The highest BCUT2D eigenvalue weighted by Gasteiger charge is 2.41. The van der Waals surface area contributed by atoms with Gasteiger partial charge in [-0.15, -0.1) is 0 Å². The third-order valence-electron chi connectivity index (χ3n) is 3.45. The van der Waals surface area contributed by atoms with Crippen LogP contribution in [0, 0.1) is 5.41 Å². The third kappa shape index (κ3) is 3.17. The lowest BCUT2D eigenvalue weighted by molar-refractivity contribution is -0.144. The molecule has 1 aliphatic rings. The summed E-state index contributed by atoms with van der Waals surface area (Å²) in [6, 6.07) is -1.03. The molecular weight excluding hydrogens is 224 g/mol. The van der Waals surface area contributed by atoms with Crippen molar-refractivity contribution >= 4 is 11.9 Å². The van der Waals surface area contributed by atoms with Gasteiger partial charge < -0.3 is 21.3 Å². The second-order valence-corrected chi connectivity index (χ2v) is 4.57. The maximum atomic E-state index is 12.1. The summed E-state index contributed by atoms with van der Waals surface area (Å²) >= 11 is 0. The summed E-state index contributed by atoms with van der Waals surface area (Å²) in [5.74, 6) is -1.42. The van der Waals surface area contributed by atoms with Gasteiger partial charge in [-0.1, -0.05) is 12.8 Å². The van der Waals surface area contributed by atoms with E-state index >= 15 is 0 Å². The molecular formula is C11H20N2O4. The molecule has 0 aliphatic heterocycles. The monoisotopic (exact) mass is 244 g/mol. The molecule has 1 aliphatic carbocycles. The number of amides is 1. The van der Waals surface area contributed by atoms with Gasteiger partial charge in [-0.2, -0.15) is 0 Å². The molecule has 0 unspecified atom stereocenters. The van der Waals surface area contributed by atoms with Crippen LogP contribution in [0.3, 0.4) is 0 Å². The zero-order valence-corrected chi connectivity index (χ0v) is 9.82. The maximum Gasteiger partial charge on any atom is 0.326 e. The predicted octanol–water partition coefficient (Wildman–Crippen LogP) is -0.543. The number of carboxylic acids is 1. The lowest BCUT2D eigenvalue weighted by Crippen LogP contribution is -2.50. The average Bonchev–Trinajstić information content (AvgIpc) is 2.78. The normalized spacial score (nSPS) is 19.9. The fourth-order valence-electron chi connectivity index (χ4n) is 2.27. The molecule has 98 valence electrons. The first-order chi connectivity index (χ1) is 8.05. The second-order valence-electron chi connectivity index (χ2n) is 4.57. The topological polar surface area (TPSA) is 113 Å². The Morgan fingerprint density at radius 1 is 1.35 bits per heavy atom. The van der Waals surface area contributed by atoms with E-state index in [0.717, 1.165) is 12.8 Å². The number of carbonyl (C=O) groups excluding carboxylic acids is 1. The molecule has 0 aromatic carbocycles. The van der Waals surface area contributed by atoms with Gasteiger partial charge in [0.1, 0.15) is 6.04 Å². The molecule has 0 bridgehead atoms. The number of aliphatic carboxylic acids is 1. The summed E-state index contributed by atoms with van der Waals surface area (Å²) in [5, 5.41) is 20.1. The highest BCUT2D eigenvalue weighted by atomic mass is 16.4. The maximum absolute atomic E-state index is 12.1. The van der Waals surface area contributed by atoms with Crippen molar-refractivity contribution < 1.29 is 19.8 Å². The number of hydrogen-bond acceptors (Lipinski definition) is 4. The van der Waals surface area contributed by atoms with E-state index in [2.05, 4.69) is 5.32 Å². The molecule has 6 heteroatoms. The standard InChI is InChI=1S/C11H20N2O4/c12-7-11(4-1-2-5-11)10(17)13-8(3-6-14)9(15)16/h8,14H,1-7,12H2,(H,13,17)(H,15,16)/t8-/m1/s1. The molecule has 0 saturated heterocycles. The Morgan fingerprint density at radius 3 is 2.35 bits per heavy atom. The second kappa shape index (κ2) is 5.97. The van der Waals surface area contributed by atoms with Crippen LogP contribution in [0.5, 0.6) is 0 Å². The van der Waals surface area contributed by atoms with Crippen molar-refractivity contribution in [3.8, 4) is 0 Å². The summed E-state index contributed by atoms with van der Waals surface area (Å²) in [6.45, 7) is -0.0306. The van der Waals surface area contributed by atoms with Crippen LogP contribution in [0.2, 0.25) is 0 Å². The highest BCUT2D eigenvalue weighted by Crippen LogP contribution is 2.37. The Kier molecular flexibility index (Phi) is 4.89. The van der Waals surface area contributed by atoms with Crippen molar-refractivity contribution in [2.24, 2.45) is 11.1 Å². The van der Waals surface area contributed by atoms with Crippen molar-refractivity contribution in [2.75, 3.05) is 13.2 Å². The van der Waals surface area contributed by atoms with E-state index in [4.69, 9.17) is 15.9 Å². The Bertz CT molecular complexity index is 287. The van der Waals surface area contributed by atoms with E-state index < -0.39 is 17.4 Å². The molecule has 17 heavy (non-hydrogen) atoms. The minimum absolute atomic E-state index is 0.0156. The Labute approximate surface area is 100 Å². The van der Waals surface area contributed by atoms with Crippen LogP contribution in [-0.2, 0) is 9.59 Å². The quantitative estimate of drug-likeness (QED) is 0.501. The van der Waals surface area contributed by atoms with Crippen LogP contribution in [0.15, 0.2) is 0 Å². The largest absolute Gasteiger partial charge is 0.480 e. The first-order valence-corrected chi connectivity index (χ1v) is 5.90. The summed E-state index contributed by atoms with van der Waals surface area (Å²) in [6.07, 6.45) is 3.33. The molecule has 1 atom stereocenters. The predicted molar refractivity (Wildman–Crippen MR) is 61.2 cm³/mol. The number of rotatable bonds is 6. The fraction of sp³-hybridized carbons (Fsp3) is 0.818. The average molecular weight is 244 g/mol. The van der Waals surface area contributed by atoms with E-state index in [1.165, 1.54) is 0 Å². The van der Waals surface area contributed by atoms with E-state index in [0.29, 0.717) is 12.8 Å². The highest BCUT2D eigenvalue weighted by molar-refractivity contribution is 5.87. The minimum atomic E-state index is -1.13. The smallest absolute Gasteiger partial charge is 0.326 e. The number of carbonyl (C=O) groups is 2. The zero-order valence-electron chi connectivity index (χ0n) is 9.82. The molecule has 0 aromatic heterocycles. The van der Waals surface area contributed by atoms with E-state index in [-0.39, 0.29) is 25.5 Å². The number of carboxylic acid groups (broad SMARTS) is 1. The lowest BCUT2D eigenvalue weighted by Gasteiger charge is -2.27. The SMILES string of the molecule is NCC1(C(=O)N[C@H](CCO)C(=O)O)CCCC1. The van der Waals surface area contributed by atoms with Crippen LogP contribution in [-0.4, -0.2) is 41.3 Å². The van der Waals surface area contributed by atoms with Crippen LogP contribution in [0.1, 0.15) is 32.1 Å². The molecule has 0 radical (unpaired) electrons. The van der Waals surface area contributed by atoms with Gasteiger partial charge in [-0.3, -0.25) is 4.79 Å². The van der Waals surface area contributed by atoms with Gasteiger partial charge in [0.25, 0.3) is 0 Å². The lowest BCUT2D eigenvalue weighted by atomic mass is 9.85. The van der Waals surface area contributed by atoms with E-state index in [9.17, 15) is 9.59 Å². The Morgan fingerprint density at radius 2 is 1.94 bits per heavy atom. The first kappa shape index (κ1) is 13.9. The Hall–Kier alpha value is -1.14. The van der Waals surface area contributed by atoms with Crippen molar-refractivity contribution in [3.63, 3.8) is 0 Å². The number of nitrogens with one attached hydrogen (secondary N) is 1. The van der Waals surface area contributed by atoms with Gasteiger partial charge in [0.15, 0.2) is 0 Å². The van der Waals surface area contributed by atoms with Crippen LogP contribution in [0.25, 0.3) is 0 Å². The first-order valence-electron chi connectivity index (χ1n) is 5.90. The molecule has 0 aromatic rings. The summed E-state index contributed by atoms with van der Waals surface area (Å²) in [7, 11) is 0. The van der Waals surface area contributed by atoms with Gasteiger partial charge in [-0.25, -0.2) is 4.79 Å². The van der Waals surface area contributed by atoms with Gasteiger partial charge in [0.2, 0.25) is 5.91 Å². The van der Waals surface area contributed by atoms with Gasteiger partial charge in [0, 0.05) is 19.6 Å². The zero-order chi connectivity index (χ0) is 12.9. The Balaban J connectivity index is 2.65. The molecule has 5 N–H and O–H groups in total. The van der Waals surface area contributed by atoms with Crippen LogP contribution in [0.4, 0.5) is 0 Å². The van der Waals surface area contributed by atoms with Gasteiger partial charge in [-0.05, 0) is 12.8 Å². The van der Waals surface area contributed by atoms with Crippen LogP contribution >= 0.6 is 0 Å². The van der Waals surface area contributed by atoms with E-state index in [1.54, 1.807) is 0 Å². The number of aliphatic hydroxyl groups is 1. The number of nitrogens with two attached hydrogens (primary N) is 1. The molecule has 1 amide bonds. The minimum Gasteiger partial charge on any atom is -0.480 e. The van der Waals surface area contributed by atoms with Crippen molar-refractivity contribution in [1.82, 2.24) is 5.32 Å². The summed E-state index contributed by atoms with van der Waals surface area (Å²) < 4.78 is 0. The van der Waals surface area contributed by atoms with E-state index in [1.807, 2.05) is 0 Å². The van der Waals surface area contributed by atoms with Gasteiger partial charge in [0.05, 0.1) is 5.41 Å². The molecule has 0 spiro atoms. The van der Waals surface area contributed by atoms with Crippen molar-refractivity contribution in [2.45, 2.75) is 38.1 Å². The number of aliphatic hydroxyl groups excluding tert-OH is 1. The fourth-order valence-corrected chi connectivity index (χ4v) is 2.27. The molecule has 6 nitrogen and oxygen atoms in total. The summed E-state index contributed by atoms with van der Waals surface area (Å²) in [4.78, 5) is 22.9. The van der Waals surface area contributed by atoms with Crippen molar-refractivity contribution in [3.05, 3.63) is 0 Å². The molecule has 1 saturated carbocycles. The number of hydrogen-bond donors (Lipinski definition) is 4. The molecule has 1 rings (SSSR count). The van der Waals surface area contributed by atoms with Crippen LogP contribution < -0.4 is 11.1 Å². The third-order valence-corrected chi connectivity index (χ3v) is 3.45.